The van der Waals surface area contributed by atoms with Gasteiger partial charge in [-0.3, -0.25) is 4.79 Å². The van der Waals surface area contributed by atoms with Gasteiger partial charge < -0.3 is 15.7 Å². The minimum atomic E-state index is -0.339. The van der Waals surface area contributed by atoms with Crippen molar-refractivity contribution < 1.29 is 9.90 Å². The third kappa shape index (κ3) is 3.30. The van der Waals surface area contributed by atoms with Crippen molar-refractivity contribution in [1.29, 1.82) is 0 Å². The Morgan fingerprint density at radius 1 is 1.20 bits per heavy atom. The number of amides is 1. The van der Waals surface area contributed by atoms with E-state index in [0.29, 0.717) is 6.54 Å². The number of benzene rings is 1. The molecule has 104 valence electrons. The summed E-state index contributed by atoms with van der Waals surface area (Å²) in [6.45, 7) is 0.471. The van der Waals surface area contributed by atoms with E-state index in [4.69, 9.17) is 10.8 Å². The Morgan fingerprint density at radius 3 is 2.55 bits per heavy atom. The fourth-order valence-corrected chi connectivity index (χ4v) is 1.84. The molecule has 0 aliphatic rings. The molecule has 1 amide bonds. The maximum atomic E-state index is 12.4. The van der Waals surface area contributed by atoms with Gasteiger partial charge in [0, 0.05) is 25.5 Å². The molecule has 0 atom stereocenters. The van der Waals surface area contributed by atoms with E-state index in [2.05, 4.69) is 9.97 Å². The molecule has 3 N–H and O–H groups in total. The van der Waals surface area contributed by atoms with Crippen LogP contribution in [0.4, 0.5) is 5.82 Å². The van der Waals surface area contributed by atoms with Crippen LogP contribution in [0.5, 0.6) is 0 Å². The third-order valence-corrected chi connectivity index (χ3v) is 2.80. The van der Waals surface area contributed by atoms with Crippen molar-refractivity contribution in [3.8, 4) is 0 Å². The van der Waals surface area contributed by atoms with Crippen LogP contribution in [-0.2, 0) is 6.54 Å². The average molecular weight is 272 g/mol. The van der Waals surface area contributed by atoms with E-state index in [1.54, 1.807) is 0 Å². The Labute approximate surface area is 116 Å². The molecule has 0 fully saturated rings. The molecule has 0 spiro atoms. The van der Waals surface area contributed by atoms with E-state index in [0.717, 1.165) is 5.56 Å². The predicted molar refractivity (Wildman–Crippen MR) is 74.7 cm³/mol. The average Bonchev–Trinajstić information content (AvgIpc) is 2.48. The first-order valence-corrected chi connectivity index (χ1v) is 6.23. The summed E-state index contributed by atoms with van der Waals surface area (Å²) in [4.78, 5) is 21.7. The highest BCUT2D eigenvalue weighted by Crippen LogP contribution is 2.11. The van der Waals surface area contributed by atoms with Crippen LogP contribution in [0, 0.1) is 0 Å². The van der Waals surface area contributed by atoms with Gasteiger partial charge >= 0.3 is 0 Å². The van der Waals surface area contributed by atoms with E-state index in [1.807, 2.05) is 30.3 Å². The minimum Gasteiger partial charge on any atom is -0.395 e. The van der Waals surface area contributed by atoms with Crippen molar-refractivity contribution in [2.75, 3.05) is 18.9 Å². The Kier molecular flexibility index (Phi) is 4.62. The lowest BCUT2D eigenvalue weighted by Gasteiger charge is -2.21. The standard InChI is InChI=1S/C14H16N4O2/c15-13-12(16-6-7-17-13)14(20)18(8-9-19)10-11-4-2-1-3-5-11/h1-7,19H,8-10H2,(H2,15,17). The summed E-state index contributed by atoms with van der Waals surface area (Å²) in [5.74, 6) is -0.248. The van der Waals surface area contributed by atoms with E-state index in [1.165, 1.54) is 17.3 Å². The van der Waals surface area contributed by atoms with Crippen molar-refractivity contribution in [3.63, 3.8) is 0 Å². The second-order valence-corrected chi connectivity index (χ2v) is 4.23. The van der Waals surface area contributed by atoms with Crippen LogP contribution >= 0.6 is 0 Å². The summed E-state index contributed by atoms with van der Waals surface area (Å²) in [7, 11) is 0. The minimum absolute atomic E-state index is 0.0912. The van der Waals surface area contributed by atoms with Gasteiger partial charge in [-0.05, 0) is 5.56 Å². The maximum Gasteiger partial charge on any atom is 0.276 e. The first kappa shape index (κ1) is 14.0. The van der Waals surface area contributed by atoms with Crippen LogP contribution < -0.4 is 5.73 Å². The van der Waals surface area contributed by atoms with Crippen LogP contribution in [0.25, 0.3) is 0 Å². The molecule has 20 heavy (non-hydrogen) atoms. The lowest BCUT2D eigenvalue weighted by molar-refractivity contribution is 0.0702. The van der Waals surface area contributed by atoms with Gasteiger partial charge in [-0.2, -0.15) is 0 Å². The molecule has 0 unspecified atom stereocenters. The molecule has 1 aromatic heterocycles. The van der Waals surface area contributed by atoms with Crippen molar-refractivity contribution in [1.82, 2.24) is 14.9 Å². The van der Waals surface area contributed by atoms with Gasteiger partial charge in [0.25, 0.3) is 5.91 Å². The number of nitrogens with two attached hydrogens (primary N) is 1. The number of rotatable bonds is 5. The van der Waals surface area contributed by atoms with Crippen molar-refractivity contribution in [3.05, 3.63) is 54.0 Å². The maximum absolute atomic E-state index is 12.4. The highest BCUT2D eigenvalue weighted by Gasteiger charge is 2.19. The molecule has 2 rings (SSSR count). The van der Waals surface area contributed by atoms with Gasteiger partial charge in [0.1, 0.15) is 0 Å². The number of aliphatic hydroxyl groups excluding tert-OH is 1. The summed E-state index contributed by atoms with van der Waals surface area (Å²) < 4.78 is 0. The van der Waals surface area contributed by atoms with Gasteiger partial charge in [0.2, 0.25) is 0 Å². The summed E-state index contributed by atoms with van der Waals surface area (Å²) >= 11 is 0. The number of anilines is 1. The zero-order chi connectivity index (χ0) is 14.4. The number of hydrogen-bond donors (Lipinski definition) is 2. The molecular formula is C14H16N4O2. The van der Waals surface area contributed by atoms with Gasteiger partial charge in [0.05, 0.1) is 6.61 Å². The Hall–Kier alpha value is -2.47. The number of aliphatic hydroxyl groups is 1. The normalized spacial score (nSPS) is 10.2. The molecule has 0 aliphatic heterocycles. The van der Waals surface area contributed by atoms with Crippen LogP contribution in [-0.4, -0.2) is 39.0 Å². The highest BCUT2D eigenvalue weighted by molar-refractivity contribution is 5.96. The quantitative estimate of drug-likeness (QED) is 0.835. The van der Waals surface area contributed by atoms with Crippen LogP contribution in [0.15, 0.2) is 42.7 Å². The van der Waals surface area contributed by atoms with E-state index in [9.17, 15) is 4.79 Å². The number of nitrogen functional groups attached to an aromatic ring is 1. The molecule has 1 heterocycles. The number of nitrogens with zero attached hydrogens (tertiary/aromatic N) is 3. The Morgan fingerprint density at radius 2 is 1.90 bits per heavy atom. The van der Waals surface area contributed by atoms with E-state index in [-0.39, 0.29) is 30.6 Å². The lowest BCUT2D eigenvalue weighted by Crippen LogP contribution is -2.34. The third-order valence-electron chi connectivity index (χ3n) is 2.80. The van der Waals surface area contributed by atoms with E-state index >= 15 is 0 Å². The van der Waals surface area contributed by atoms with Crippen molar-refractivity contribution in [2.24, 2.45) is 0 Å². The molecule has 2 aromatic rings. The monoisotopic (exact) mass is 272 g/mol. The zero-order valence-corrected chi connectivity index (χ0v) is 10.9. The summed E-state index contributed by atoms with van der Waals surface area (Å²) in [5.41, 5.74) is 6.74. The predicted octanol–water partition coefficient (Wildman–Crippen LogP) is 0.693. The molecule has 6 nitrogen and oxygen atoms in total. The number of carbonyl (C=O) groups excluding carboxylic acids is 1. The molecule has 0 saturated carbocycles. The topological polar surface area (TPSA) is 92.3 Å². The van der Waals surface area contributed by atoms with Gasteiger partial charge in [-0.25, -0.2) is 9.97 Å². The summed E-state index contributed by atoms with van der Waals surface area (Å²) in [6.07, 6.45) is 2.85. The molecular weight excluding hydrogens is 256 g/mol. The fourth-order valence-electron chi connectivity index (χ4n) is 1.84. The smallest absolute Gasteiger partial charge is 0.276 e. The molecule has 0 radical (unpaired) electrons. The second kappa shape index (κ2) is 6.63. The SMILES string of the molecule is Nc1nccnc1C(=O)N(CCO)Cc1ccccc1. The number of carbonyl (C=O) groups is 1. The van der Waals surface area contributed by atoms with E-state index < -0.39 is 0 Å². The molecule has 0 aliphatic carbocycles. The first-order chi connectivity index (χ1) is 9.72. The Bertz CT molecular complexity index is 574. The molecule has 6 heteroatoms. The summed E-state index contributed by atoms with van der Waals surface area (Å²) in [5, 5.41) is 9.12. The largest absolute Gasteiger partial charge is 0.395 e. The summed E-state index contributed by atoms with van der Waals surface area (Å²) in [6, 6.07) is 9.53. The van der Waals surface area contributed by atoms with Crippen LogP contribution in [0.3, 0.4) is 0 Å². The molecule has 0 saturated heterocycles. The second-order valence-electron chi connectivity index (χ2n) is 4.23. The molecule has 0 bridgehead atoms. The number of hydrogen-bond acceptors (Lipinski definition) is 5. The van der Waals surface area contributed by atoms with Gasteiger partial charge in [0.15, 0.2) is 11.5 Å². The molecule has 1 aromatic carbocycles. The Balaban J connectivity index is 2.20. The lowest BCUT2D eigenvalue weighted by atomic mass is 10.2. The fraction of sp³-hybridized carbons (Fsp3) is 0.214. The van der Waals surface area contributed by atoms with Crippen LogP contribution in [0.1, 0.15) is 16.1 Å². The highest BCUT2D eigenvalue weighted by atomic mass is 16.3. The first-order valence-electron chi connectivity index (χ1n) is 6.23. The zero-order valence-electron chi connectivity index (χ0n) is 10.9. The van der Waals surface area contributed by atoms with Gasteiger partial charge in [-0.1, -0.05) is 30.3 Å². The van der Waals surface area contributed by atoms with Crippen molar-refractivity contribution >= 4 is 11.7 Å². The van der Waals surface area contributed by atoms with Gasteiger partial charge in [-0.15, -0.1) is 0 Å². The van der Waals surface area contributed by atoms with Crippen LogP contribution in [0.2, 0.25) is 0 Å². The van der Waals surface area contributed by atoms with Crippen molar-refractivity contribution in [2.45, 2.75) is 6.54 Å². The number of aromatic nitrogens is 2.